The fraction of sp³-hybridized carbons (Fsp3) is 0.824. The fourth-order valence-corrected chi connectivity index (χ4v) is 2.86. The van der Waals surface area contributed by atoms with Crippen LogP contribution in [0.5, 0.6) is 0 Å². The van der Waals surface area contributed by atoms with Crippen molar-refractivity contribution in [2.75, 3.05) is 20.6 Å². The van der Waals surface area contributed by atoms with Gasteiger partial charge in [0.25, 0.3) is 0 Å². The predicted molar refractivity (Wildman–Crippen MR) is 82.4 cm³/mol. The van der Waals surface area contributed by atoms with Crippen LogP contribution in [0.1, 0.15) is 64.7 Å². The number of hydrogen-bond acceptors (Lipinski definition) is 2. The van der Waals surface area contributed by atoms with Crippen molar-refractivity contribution < 1.29 is 4.79 Å². The average Bonchev–Trinajstić information content (AvgIpc) is 2.70. The number of rotatable bonds is 9. The minimum Gasteiger partial charge on any atom is -0.309 e. The molecule has 0 saturated heterocycles. The van der Waals surface area contributed by atoms with Crippen molar-refractivity contribution in [1.82, 2.24) is 4.90 Å². The number of unbranched alkanes of at least 4 members (excludes halogenated alkanes) is 6. The van der Waals surface area contributed by atoms with Gasteiger partial charge in [-0.3, -0.25) is 4.79 Å². The van der Waals surface area contributed by atoms with Crippen LogP contribution in [-0.2, 0) is 4.79 Å². The highest BCUT2D eigenvalue weighted by atomic mass is 16.1. The normalized spacial score (nSPS) is 21.8. The number of allylic oxidation sites excluding steroid dienone is 2. The molecule has 1 atom stereocenters. The third kappa shape index (κ3) is 6.38. The number of hydrogen-bond donors (Lipinski definition) is 0. The highest BCUT2D eigenvalue weighted by Gasteiger charge is 2.28. The lowest BCUT2D eigenvalue weighted by Gasteiger charge is -2.13. The number of carbonyl (C=O) groups excluding carboxylic acids is 1. The van der Waals surface area contributed by atoms with E-state index < -0.39 is 0 Å². The summed E-state index contributed by atoms with van der Waals surface area (Å²) in [6, 6.07) is 0. The number of carbonyl (C=O) groups is 1. The Kier molecular flexibility index (Phi) is 8.04. The second-order valence-corrected chi connectivity index (χ2v) is 6.15. The van der Waals surface area contributed by atoms with Gasteiger partial charge in [-0.15, -0.1) is 0 Å². The second kappa shape index (κ2) is 9.30. The van der Waals surface area contributed by atoms with Gasteiger partial charge in [-0.1, -0.05) is 45.1 Å². The first-order valence-electron chi connectivity index (χ1n) is 8.03. The maximum absolute atomic E-state index is 12.2. The van der Waals surface area contributed by atoms with Gasteiger partial charge in [0.1, 0.15) is 0 Å². The van der Waals surface area contributed by atoms with Crippen LogP contribution in [0.2, 0.25) is 0 Å². The zero-order chi connectivity index (χ0) is 14.1. The van der Waals surface area contributed by atoms with E-state index in [1.807, 2.05) is 14.1 Å². The molecular weight excluding hydrogens is 234 g/mol. The summed E-state index contributed by atoms with van der Waals surface area (Å²) >= 11 is 0. The fourth-order valence-electron chi connectivity index (χ4n) is 2.86. The van der Waals surface area contributed by atoms with Crippen LogP contribution in [0.15, 0.2) is 11.6 Å². The van der Waals surface area contributed by atoms with Crippen LogP contribution in [-0.4, -0.2) is 31.3 Å². The molecular formula is C17H31NO. The van der Waals surface area contributed by atoms with Crippen molar-refractivity contribution in [2.24, 2.45) is 5.92 Å². The molecule has 110 valence electrons. The Bertz CT molecular complexity index is 294. The Balaban J connectivity index is 2.18. The zero-order valence-electron chi connectivity index (χ0n) is 13.1. The van der Waals surface area contributed by atoms with E-state index in [1.54, 1.807) is 0 Å². The number of Topliss-reactive ketones (excluding diaryl/α,β-unsaturated/α-hetero) is 1. The lowest BCUT2D eigenvalue weighted by Crippen LogP contribution is -2.24. The predicted octanol–water partition coefficient (Wildman–Crippen LogP) is 4.20. The van der Waals surface area contributed by atoms with Crippen LogP contribution < -0.4 is 0 Å². The second-order valence-electron chi connectivity index (χ2n) is 6.15. The molecule has 0 spiro atoms. The van der Waals surface area contributed by atoms with Gasteiger partial charge in [0.15, 0.2) is 5.78 Å². The quantitative estimate of drug-likeness (QED) is 0.460. The molecule has 1 aliphatic carbocycles. The molecule has 0 aromatic carbocycles. The van der Waals surface area contributed by atoms with E-state index in [-0.39, 0.29) is 5.92 Å². The minimum absolute atomic E-state index is 0.255. The summed E-state index contributed by atoms with van der Waals surface area (Å²) in [6.07, 6.45) is 13.4. The molecule has 0 aromatic heterocycles. The molecule has 1 saturated carbocycles. The summed E-state index contributed by atoms with van der Waals surface area (Å²) in [6.45, 7) is 3.16. The monoisotopic (exact) mass is 265 g/mol. The van der Waals surface area contributed by atoms with Gasteiger partial charge in [-0.2, -0.15) is 0 Å². The SMILES string of the molecule is CCCCCCCCC=C1CCC(CN(C)C)C1=O. The van der Waals surface area contributed by atoms with Crippen molar-refractivity contribution in [3.63, 3.8) is 0 Å². The molecule has 1 rings (SSSR count). The summed E-state index contributed by atoms with van der Waals surface area (Å²) in [5, 5.41) is 0. The largest absolute Gasteiger partial charge is 0.309 e. The number of ketones is 1. The molecule has 1 fully saturated rings. The molecule has 0 aliphatic heterocycles. The Morgan fingerprint density at radius 2 is 1.84 bits per heavy atom. The van der Waals surface area contributed by atoms with E-state index in [4.69, 9.17) is 0 Å². The maximum atomic E-state index is 12.2. The maximum Gasteiger partial charge on any atom is 0.162 e. The van der Waals surface area contributed by atoms with E-state index in [2.05, 4.69) is 17.9 Å². The zero-order valence-corrected chi connectivity index (χ0v) is 13.1. The summed E-state index contributed by atoms with van der Waals surface area (Å²) in [4.78, 5) is 14.3. The summed E-state index contributed by atoms with van der Waals surface area (Å²) in [5.74, 6) is 0.672. The molecule has 2 nitrogen and oxygen atoms in total. The molecule has 0 N–H and O–H groups in total. The van der Waals surface area contributed by atoms with Crippen LogP contribution >= 0.6 is 0 Å². The van der Waals surface area contributed by atoms with Gasteiger partial charge in [0, 0.05) is 12.5 Å². The van der Waals surface area contributed by atoms with E-state index in [0.717, 1.165) is 31.4 Å². The standard InChI is InChI=1S/C17H31NO/c1-4-5-6-7-8-9-10-11-15-12-13-16(17(15)19)14-18(2)3/h11,16H,4-10,12-14H2,1-3H3. The average molecular weight is 265 g/mol. The van der Waals surface area contributed by atoms with Gasteiger partial charge >= 0.3 is 0 Å². The van der Waals surface area contributed by atoms with Gasteiger partial charge in [0.05, 0.1) is 0 Å². The smallest absolute Gasteiger partial charge is 0.162 e. The van der Waals surface area contributed by atoms with Crippen LogP contribution in [0.25, 0.3) is 0 Å². The molecule has 0 heterocycles. The molecule has 0 aromatic rings. The first-order chi connectivity index (χ1) is 9.15. The highest BCUT2D eigenvalue weighted by Crippen LogP contribution is 2.27. The molecule has 0 bridgehead atoms. The van der Waals surface area contributed by atoms with Crippen molar-refractivity contribution in [2.45, 2.75) is 64.7 Å². The summed E-state index contributed by atoms with van der Waals surface area (Å²) in [5.41, 5.74) is 1.11. The van der Waals surface area contributed by atoms with Gasteiger partial charge < -0.3 is 4.90 Å². The summed E-state index contributed by atoms with van der Waals surface area (Å²) in [7, 11) is 4.09. The van der Waals surface area contributed by atoms with Gasteiger partial charge in [-0.05, 0) is 45.4 Å². The third-order valence-electron chi connectivity index (χ3n) is 3.98. The molecule has 1 aliphatic rings. The Morgan fingerprint density at radius 1 is 1.16 bits per heavy atom. The third-order valence-corrected chi connectivity index (χ3v) is 3.98. The van der Waals surface area contributed by atoms with E-state index >= 15 is 0 Å². The first-order valence-corrected chi connectivity index (χ1v) is 8.03. The Hall–Kier alpha value is -0.630. The molecule has 0 radical (unpaired) electrons. The van der Waals surface area contributed by atoms with Crippen molar-refractivity contribution in [3.05, 3.63) is 11.6 Å². The van der Waals surface area contributed by atoms with Crippen molar-refractivity contribution in [3.8, 4) is 0 Å². The molecule has 19 heavy (non-hydrogen) atoms. The van der Waals surface area contributed by atoms with Crippen LogP contribution in [0.3, 0.4) is 0 Å². The summed E-state index contributed by atoms with van der Waals surface area (Å²) < 4.78 is 0. The molecule has 0 amide bonds. The van der Waals surface area contributed by atoms with Gasteiger partial charge in [-0.25, -0.2) is 0 Å². The minimum atomic E-state index is 0.255. The molecule has 2 heteroatoms. The lowest BCUT2D eigenvalue weighted by atomic mass is 10.0. The van der Waals surface area contributed by atoms with Crippen molar-refractivity contribution >= 4 is 5.78 Å². The van der Waals surface area contributed by atoms with Crippen molar-refractivity contribution in [1.29, 1.82) is 0 Å². The first kappa shape index (κ1) is 16.4. The number of nitrogens with zero attached hydrogens (tertiary/aromatic N) is 1. The van der Waals surface area contributed by atoms with Gasteiger partial charge in [0.2, 0.25) is 0 Å². The topological polar surface area (TPSA) is 20.3 Å². The highest BCUT2D eigenvalue weighted by molar-refractivity contribution is 5.99. The van der Waals surface area contributed by atoms with Crippen LogP contribution in [0.4, 0.5) is 0 Å². The van der Waals surface area contributed by atoms with E-state index in [9.17, 15) is 4.79 Å². The molecule has 1 unspecified atom stereocenters. The van der Waals surface area contributed by atoms with Crippen LogP contribution in [0, 0.1) is 5.92 Å². The van der Waals surface area contributed by atoms with E-state index in [0.29, 0.717) is 5.78 Å². The Labute approximate surface area is 119 Å². The Morgan fingerprint density at radius 3 is 2.53 bits per heavy atom. The lowest BCUT2D eigenvalue weighted by molar-refractivity contribution is -0.118. The van der Waals surface area contributed by atoms with E-state index in [1.165, 1.54) is 38.5 Å².